The Bertz CT molecular complexity index is 3780. The highest BCUT2D eigenvalue weighted by molar-refractivity contribution is 6.09. The Morgan fingerprint density at radius 2 is 0.971 bits per heavy atom. The van der Waals surface area contributed by atoms with Crippen molar-refractivity contribution in [1.29, 1.82) is 0 Å². The average Bonchev–Trinajstić information content (AvgIpc) is 4.02. The van der Waals surface area contributed by atoms with Crippen LogP contribution in [0.25, 0.3) is 77.9 Å². The minimum Gasteiger partial charge on any atom is -0.460 e. The molecule has 0 amide bonds. The van der Waals surface area contributed by atoms with E-state index in [0.717, 1.165) is 97.5 Å². The van der Waals surface area contributed by atoms with E-state index in [4.69, 9.17) is 8.83 Å². The second-order valence-corrected chi connectivity index (χ2v) is 18.3. The van der Waals surface area contributed by atoms with Crippen LogP contribution in [0.1, 0.15) is 29.7 Å². The summed E-state index contributed by atoms with van der Waals surface area (Å²) in [5, 5.41) is 3.46. The van der Waals surface area contributed by atoms with Gasteiger partial charge in [0.1, 0.15) is 22.5 Å². The summed E-state index contributed by atoms with van der Waals surface area (Å²) in [6.07, 6.45) is 14.4. The van der Waals surface area contributed by atoms with Crippen molar-refractivity contribution < 1.29 is 8.83 Å². The molecule has 4 heteroatoms. The molecule has 0 saturated carbocycles. The molecule has 11 aromatic rings. The van der Waals surface area contributed by atoms with Crippen LogP contribution in [0, 0.1) is 0 Å². The first-order valence-electron chi connectivity index (χ1n) is 24.3. The number of nitrogens with zero attached hydrogens (tertiary/aromatic N) is 2. The lowest BCUT2D eigenvalue weighted by Crippen LogP contribution is -2.30. The fourth-order valence-electron chi connectivity index (χ4n) is 10.6. The summed E-state index contributed by atoms with van der Waals surface area (Å²) in [7, 11) is 0. The van der Waals surface area contributed by atoms with Gasteiger partial charge in [0, 0.05) is 67.7 Å². The number of allylic oxidation sites excluding steroid dienone is 3. The number of para-hydroxylation sites is 5. The molecule has 0 radical (unpaired) electrons. The number of fused-ring (bicyclic) bond motifs is 6. The molecule has 1 atom stereocenters. The molecule has 1 unspecified atom stereocenters. The standard InChI is InChI=1S/C66H48N2O2/c1-3-16-51(17-4-1)67(55-40-32-47(33-41-55)57-22-12-24-61-59-20-7-9-26-63(59)69-65(57)61)53-36-28-45(29-37-53)49-14-11-15-50(44-49)46-30-38-54(39-31-46)68(52-18-5-2-6-19-52)56-42-34-48(35-43-56)58-23-13-25-62-60-21-8-10-27-64(60)70-66(58)62/h1-9,11-26,28-38,40-44,54H,10,27,39H2. The van der Waals surface area contributed by atoms with Crippen LogP contribution in [0.3, 0.4) is 0 Å². The molecule has 4 nitrogen and oxygen atoms in total. The van der Waals surface area contributed by atoms with Crippen molar-refractivity contribution in [2.45, 2.75) is 25.3 Å². The van der Waals surface area contributed by atoms with Crippen molar-refractivity contribution in [1.82, 2.24) is 0 Å². The highest BCUT2D eigenvalue weighted by Gasteiger charge is 2.23. The number of hydrogen-bond donors (Lipinski definition) is 0. The highest BCUT2D eigenvalue weighted by atomic mass is 16.3. The monoisotopic (exact) mass is 900 g/mol. The zero-order chi connectivity index (χ0) is 46.4. The van der Waals surface area contributed by atoms with Gasteiger partial charge in [0.05, 0.1) is 6.04 Å². The lowest BCUT2D eigenvalue weighted by atomic mass is 9.93. The molecule has 2 aliphatic carbocycles. The number of furan rings is 2. The quantitative estimate of drug-likeness (QED) is 0.137. The number of hydrogen-bond acceptors (Lipinski definition) is 4. The van der Waals surface area contributed by atoms with Gasteiger partial charge in [-0.1, -0.05) is 176 Å². The van der Waals surface area contributed by atoms with Crippen molar-refractivity contribution in [2.75, 3.05) is 9.80 Å². The molecule has 9 aromatic carbocycles. The minimum atomic E-state index is 0.148. The Morgan fingerprint density at radius 3 is 1.67 bits per heavy atom. The molecule has 0 spiro atoms. The maximum atomic E-state index is 6.49. The summed E-state index contributed by atoms with van der Waals surface area (Å²) in [5.41, 5.74) is 18.9. The second kappa shape index (κ2) is 17.7. The molecule has 13 rings (SSSR count). The molecule has 0 aliphatic heterocycles. The Morgan fingerprint density at radius 1 is 0.414 bits per heavy atom. The molecule has 2 heterocycles. The van der Waals surface area contributed by atoms with Gasteiger partial charge in [-0.15, -0.1) is 0 Å². The average molecular weight is 901 g/mol. The van der Waals surface area contributed by atoms with E-state index < -0.39 is 0 Å². The van der Waals surface area contributed by atoms with E-state index in [1.165, 1.54) is 38.9 Å². The normalized spacial score (nSPS) is 14.2. The topological polar surface area (TPSA) is 32.8 Å². The van der Waals surface area contributed by atoms with Gasteiger partial charge in [-0.3, -0.25) is 0 Å². The Hall–Kier alpha value is -8.86. The van der Waals surface area contributed by atoms with Crippen LogP contribution in [0.4, 0.5) is 28.4 Å². The zero-order valence-electron chi connectivity index (χ0n) is 38.6. The zero-order valence-corrected chi connectivity index (χ0v) is 38.6. The van der Waals surface area contributed by atoms with E-state index in [2.05, 4.69) is 246 Å². The minimum absolute atomic E-state index is 0.148. The summed E-state index contributed by atoms with van der Waals surface area (Å²) < 4.78 is 12.9. The number of aryl methyl sites for hydroxylation is 1. The largest absolute Gasteiger partial charge is 0.460 e. The van der Waals surface area contributed by atoms with Gasteiger partial charge in [0.25, 0.3) is 0 Å². The summed E-state index contributed by atoms with van der Waals surface area (Å²) >= 11 is 0. The first-order chi connectivity index (χ1) is 34.7. The molecule has 0 bridgehead atoms. The molecule has 0 N–H and O–H groups in total. The summed E-state index contributed by atoms with van der Waals surface area (Å²) in [6, 6.07) is 78.3. The van der Waals surface area contributed by atoms with Gasteiger partial charge in [-0.25, -0.2) is 0 Å². The number of benzene rings is 9. The van der Waals surface area contributed by atoms with Gasteiger partial charge in [0.15, 0.2) is 0 Å². The van der Waals surface area contributed by atoms with Gasteiger partial charge < -0.3 is 18.6 Å². The third-order valence-electron chi connectivity index (χ3n) is 14.1. The smallest absolute Gasteiger partial charge is 0.143 e. The van der Waals surface area contributed by atoms with E-state index in [-0.39, 0.29) is 6.04 Å². The fraction of sp³-hybridized carbons (Fsp3) is 0.0606. The third-order valence-corrected chi connectivity index (χ3v) is 14.1. The van der Waals surface area contributed by atoms with Gasteiger partial charge in [0.2, 0.25) is 0 Å². The first kappa shape index (κ1) is 41.3. The van der Waals surface area contributed by atoms with Crippen LogP contribution in [0.2, 0.25) is 0 Å². The van der Waals surface area contributed by atoms with Crippen LogP contribution in [0.5, 0.6) is 0 Å². The molecule has 0 saturated heterocycles. The lowest BCUT2D eigenvalue weighted by molar-refractivity contribution is 0.547. The summed E-state index contributed by atoms with van der Waals surface area (Å²) in [4.78, 5) is 4.77. The maximum absolute atomic E-state index is 6.49. The van der Waals surface area contributed by atoms with E-state index in [9.17, 15) is 0 Å². The van der Waals surface area contributed by atoms with Crippen molar-refractivity contribution in [2.24, 2.45) is 0 Å². The molecule has 70 heavy (non-hydrogen) atoms. The molecular formula is C66H48N2O2. The predicted octanol–water partition coefficient (Wildman–Crippen LogP) is 18.3. The van der Waals surface area contributed by atoms with Crippen molar-refractivity contribution in [3.63, 3.8) is 0 Å². The molecule has 2 aromatic heterocycles. The fourth-order valence-corrected chi connectivity index (χ4v) is 10.6. The SMILES string of the molecule is C1=Cc2c(oc3c(-c4ccc(N(c5ccccc5)C5C=CC(c6cccc(-c7ccc(N(c8ccccc8)c8ccc(-c9cccc%10c9oc9ccccc9%10)cc8)cc7)c6)=CC5)cc4)cccc23)CC1. The molecule has 334 valence electrons. The Kier molecular flexibility index (Phi) is 10.4. The van der Waals surface area contributed by atoms with Crippen LogP contribution in [-0.2, 0) is 6.42 Å². The number of anilines is 5. The van der Waals surface area contributed by atoms with E-state index in [1.54, 1.807) is 0 Å². The van der Waals surface area contributed by atoms with Gasteiger partial charge in [-0.05, 0) is 119 Å². The van der Waals surface area contributed by atoms with E-state index in [1.807, 2.05) is 12.1 Å². The lowest BCUT2D eigenvalue weighted by Gasteiger charge is -2.33. The van der Waals surface area contributed by atoms with Gasteiger partial charge >= 0.3 is 0 Å². The van der Waals surface area contributed by atoms with Crippen LogP contribution in [0.15, 0.2) is 252 Å². The van der Waals surface area contributed by atoms with Crippen molar-refractivity contribution in [3.05, 3.63) is 260 Å². The van der Waals surface area contributed by atoms with Crippen LogP contribution >= 0.6 is 0 Å². The molecule has 2 aliphatic rings. The Balaban J connectivity index is 0.749. The second-order valence-electron chi connectivity index (χ2n) is 18.3. The highest BCUT2D eigenvalue weighted by Crippen LogP contribution is 2.42. The summed E-state index contributed by atoms with van der Waals surface area (Å²) in [5.74, 6) is 1.09. The third kappa shape index (κ3) is 7.51. The number of rotatable bonds is 10. The predicted molar refractivity (Wildman–Crippen MR) is 292 cm³/mol. The maximum Gasteiger partial charge on any atom is 0.143 e. The van der Waals surface area contributed by atoms with Crippen molar-refractivity contribution >= 4 is 73.0 Å². The van der Waals surface area contributed by atoms with E-state index in [0.29, 0.717) is 0 Å². The van der Waals surface area contributed by atoms with Crippen LogP contribution < -0.4 is 9.80 Å². The van der Waals surface area contributed by atoms with Crippen molar-refractivity contribution in [3.8, 4) is 33.4 Å². The van der Waals surface area contributed by atoms with Gasteiger partial charge in [-0.2, -0.15) is 0 Å². The van der Waals surface area contributed by atoms with Crippen LogP contribution in [-0.4, -0.2) is 6.04 Å². The van der Waals surface area contributed by atoms with E-state index >= 15 is 0 Å². The molecular weight excluding hydrogens is 853 g/mol. The first-order valence-corrected chi connectivity index (χ1v) is 24.3. The summed E-state index contributed by atoms with van der Waals surface area (Å²) in [6.45, 7) is 0. The molecule has 0 fully saturated rings. The Labute approximate surface area is 408 Å².